The lowest BCUT2D eigenvalue weighted by molar-refractivity contribution is 0.638. The number of aryl methyl sites for hydroxylation is 1. The van der Waals surface area contributed by atoms with E-state index in [1.54, 1.807) is 0 Å². The van der Waals surface area contributed by atoms with Gasteiger partial charge in [0.25, 0.3) is 0 Å². The molecule has 0 heterocycles. The van der Waals surface area contributed by atoms with Crippen molar-refractivity contribution in [1.82, 2.24) is 0 Å². The summed E-state index contributed by atoms with van der Waals surface area (Å²) in [6.07, 6.45) is 7.62. The molecule has 1 aliphatic carbocycles. The second-order valence-electron chi connectivity index (χ2n) is 5.07. The van der Waals surface area contributed by atoms with E-state index in [0.29, 0.717) is 0 Å². The number of benzene rings is 1. The molecule has 0 radical (unpaired) electrons. The third-order valence-corrected chi connectivity index (χ3v) is 3.81. The summed E-state index contributed by atoms with van der Waals surface area (Å²) < 4.78 is 0. The Bertz CT molecular complexity index is 476. The molecule has 0 heteroatoms. The normalized spacial score (nSPS) is 15.1. The summed E-state index contributed by atoms with van der Waals surface area (Å²) in [5.74, 6) is 0. The molecular formula is C18H18. The van der Waals surface area contributed by atoms with Crippen molar-refractivity contribution in [1.29, 1.82) is 0 Å². The molecule has 0 bridgehead atoms. The van der Waals surface area contributed by atoms with Gasteiger partial charge in [-0.2, -0.15) is 0 Å². The molecule has 0 aliphatic heterocycles. The lowest BCUT2D eigenvalue weighted by Crippen LogP contribution is -1.97. The van der Waals surface area contributed by atoms with E-state index in [-0.39, 0.29) is 0 Å². The molecule has 2 aromatic rings. The Labute approximate surface area is 110 Å². The summed E-state index contributed by atoms with van der Waals surface area (Å²) in [6.45, 7) is 0. The maximum Gasteiger partial charge on any atom is 0.0102 e. The molecule has 18 heavy (non-hydrogen) atoms. The van der Waals surface area contributed by atoms with Crippen LogP contribution in [0.25, 0.3) is 11.1 Å². The fraction of sp³-hybridized carbons (Fsp3) is 0.333. The van der Waals surface area contributed by atoms with Crippen LogP contribution < -0.4 is 0 Å². The summed E-state index contributed by atoms with van der Waals surface area (Å²) in [4.78, 5) is 0. The standard InChI is InChI=1S/C18H18/c1-2-4-10-16-12-6-8-14-18(16)17-13-7-5-11-15(17)9-3-1/h5,7-8,11,13-14H,1-4,9-10H2. The molecule has 0 amide bonds. The highest BCUT2D eigenvalue weighted by molar-refractivity contribution is 5.70. The van der Waals surface area contributed by atoms with Gasteiger partial charge in [-0.05, 0) is 54.5 Å². The SMILES string of the molecule is c1ccc2c(c#1)CCCCCCc1ccccc1-2. The molecule has 0 spiro atoms. The summed E-state index contributed by atoms with van der Waals surface area (Å²) >= 11 is 0. The molecular weight excluding hydrogens is 216 g/mol. The summed E-state index contributed by atoms with van der Waals surface area (Å²) in [5.41, 5.74) is 5.60. The zero-order valence-electron chi connectivity index (χ0n) is 10.7. The van der Waals surface area contributed by atoms with Crippen LogP contribution in [0.1, 0.15) is 36.8 Å². The van der Waals surface area contributed by atoms with Crippen molar-refractivity contribution in [3.05, 3.63) is 59.7 Å². The molecule has 0 unspecified atom stereocenters. The second kappa shape index (κ2) is 5.27. The Kier molecular flexibility index (Phi) is 3.33. The van der Waals surface area contributed by atoms with Gasteiger partial charge in [-0.15, -0.1) is 0 Å². The maximum atomic E-state index is 3.32. The lowest BCUT2D eigenvalue weighted by atomic mass is 9.90. The predicted molar refractivity (Wildman–Crippen MR) is 75.4 cm³/mol. The first kappa shape index (κ1) is 11.4. The molecule has 90 valence electrons. The molecule has 3 rings (SSSR count). The van der Waals surface area contributed by atoms with Gasteiger partial charge in [0.1, 0.15) is 0 Å². The quantitative estimate of drug-likeness (QED) is 0.624. The van der Waals surface area contributed by atoms with Crippen LogP contribution in [0.15, 0.2) is 36.4 Å². The van der Waals surface area contributed by atoms with Crippen molar-refractivity contribution >= 4 is 0 Å². The van der Waals surface area contributed by atoms with Gasteiger partial charge in [0, 0.05) is 5.56 Å². The molecule has 0 saturated heterocycles. The van der Waals surface area contributed by atoms with Gasteiger partial charge in [0.05, 0.1) is 0 Å². The van der Waals surface area contributed by atoms with Crippen molar-refractivity contribution in [2.45, 2.75) is 38.5 Å². The highest BCUT2D eigenvalue weighted by Gasteiger charge is 2.10. The zero-order chi connectivity index (χ0) is 12.2. The third-order valence-electron chi connectivity index (χ3n) is 3.81. The maximum absolute atomic E-state index is 3.32. The molecule has 1 aliphatic rings. The van der Waals surface area contributed by atoms with Crippen molar-refractivity contribution in [3.63, 3.8) is 0 Å². The van der Waals surface area contributed by atoms with Crippen molar-refractivity contribution in [2.75, 3.05) is 0 Å². The van der Waals surface area contributed by atoms with E-state index in [2.05, 4.69) is 42.5 Å². The minimum Gasteiger partial charge on any atom is -0.0699 e. The highest BCUT2D eigenvalue weighted by Crippen LogP contribution is 2.29. The predicted octanol–water partition coefficient (Wildman–Crippen LogP) is 4.61. The first-order valence-corrected chi connectivity index (χ1v) is 6.95. The zero-order valence-corrected chi connectivity index (χ0v) is 10.7. The Morgan fingerprint density at radius 1 is 0.778 bits per heavy atom. The smallest absolute Gasteiger partial charge is 0.0102 e. The van der Waals surface area contributed by atoms with E-state index >= 15 is 0 Å². The number of hydrogen-bond acceptors (Lipinski definition) is 0. The molecule has 0 saturated carbocycles. The van der Waals surface area contributed by atoms with Crippen LogP contribution in [0.2, 0.25) is 0 Å². The van der Waals surface area contributed by atoms with Gasteiger partial charge in [0.15, 0.2) is 0 Å². The van der Waals surface area contributed by atoms with Crippen molar-refractivity contribution in [2.24, 2.45) is 0 Å². The summed E-state index contributed by atoms with van der Waals surface area (Å²) in [7, 11) is 0. The van der Waals surface area contributed by atoms with Gasteiger partial charge in [-0.1, -0.05) is 49.2 Å². The first-order chi connectivity index (χ1) is 8.95. The van der Waals surface area contributed by atoms with Crippen LogP contribution in [0.5, 0.6) is 0 Å². The molecule has 0 fully saturated rings. The molecule has 0 atom stereocenters. The monoisotopic (exact) mass is 234 g/mol. The van der Waals surface area contributed by atoms with E-state index in [1.807, 2.05) is 6.07 Å². The average Bonchev–Trinajstić information content (AvgIpc) is 2.44. The molecule has 2 aromatic carbocycles. The van der Waals surface area contributed by atoms with Gasteiger partial charge < -0.3 is 0 Å². The Hall–Kier alpha value is -1.74. The van der Waals surface area contributed by atoms with E-state index < -0.39 is 0 Å². The average molecular weight is 234 g/mol. The Balaban J connectivity index is 2.12. The lowest BCUT2D eigenvalue weighted by Gasteiger charge is -2.14. The minimum atomic E-state index is 1.14. The van der Waals surface area contributed by atoms with Crippen LogP contribution in [0.3, 0.4) is 0 Å². The Morgan fingerprint density at radius 2 is 1.61 bits per heavy atom. The topological polar surface area (TPSA) is 0 Å². The van der Waals surface area contributed by atoms with Gasteiger partial charge >= 0.3 is 0 Å². The van der Waals surface area contributed by atoms with Crippen LogP contribution in [-0.4, -0.2) is 0 Å². The number of hydrogen-bond donors (Lipinski definition) is 0. The fourth-order valence-electron chi connectivity index (χ4n) is 2.84. The number of fused-ring (bicyclic) bond motifs is 3. The fourth-order valence-corrected chi connectivity index (χ4v) is 2.84. The van der Waals surface area contributed by atoms with Crippen LogP contribution in [0, 0.1) is 12.1 Å². The van der Waals surface area contributed by atoms with Crippen molar-refractivity contribution in [3.8, 4) is 11.1 Å². The summed E-state index contributed by atoms with van der Waals surface area (Å²) in [6, 6.07) is 19.4. The highest BCUT2D eigenvalue weighted by atomic mass is 14.1. The van der Waals surface area contributed by atoms with Gasteiger partial charge in [0.2, 0.25) is 0 Å². The van der Waals surface area contributed by atoms with Crippen LogP contribution in [-0.2, 0) is 12.8 Å². The van der Waals surface area contributed by atoms with Crippen LogP contribution >= 0.6 is 0 Å². The Morgan fingerprint density at radius 3 is 2.56 bits per heavy atom. The van der Waals surface area contributed by atoms with Gasteiger partial charge in [-0.3, -0.25) is 0 Å². The van der Waals surface area contributed by atoms with E-state index in [1.165, 1.54) is 54.4 Å². The largest absolute Gasteiger partial charge is 0.0699 e. The third kappa shape index (κ3) is 2.27. The summed E-state index contributed by atoms with van der Waals surface area (Å²) in [5, 5.41) is 0. The second-order valence-corrected chi connectivity index (χ2v) is 5.07. The molecule has 0 nitrogen and oxygen atoms in total. The van der Waals surface area contributed by atoms with Crippen molar-refractivity contribution < 1.29 is 0 Å². The first-order valence-electron chi connectivity index (χ1n) is 6.95. The molecule has 0 aromatic heterocycles. The van der Waals surface area contributed by atoms with E-state index in [9.17, 15) is 0 Å². The van der Waals surface area contributed by atoms with E-state index in [4.69, 9.17) is 0 Å². The minimum absolute atomic E-state index is 1.14. The number of rotatable bonds is 0. The van der Waals surface area contributed by atoms with Crippen LogP contribution in [0.4, 0.5) is 0 Å². The van der Waals surface area contributed by atoms with Gasteiger partial charge in [-0.25, -0.2) is 0 Å². The van der Waals surface area contributed by atoms with E-state index in [0.717, 1.165) is 6.42 Å². The molecule has 0 N–H and O–H groups in total.